The second kappa shape index (κ2) is 9.09. The van der Waals surface area contributed by atoms with Crippen LogP contribution in [-0.4, -0.2) is 19.1 Å². The average molecular weight is 407 g/mol. The van der Waals surface area contributed by atoms with Gasteiger partial charge in [-0.2, -0.15) is 0 Å². The lowest BCUT2D eigenvalue weighted by molar-refractivity contribution is 0.836. The van der Waals surface area contributed by atoms with Crippen molar-refractivity contribution in [2.45, 2.75) is 19.9 Å². The first kappa shape index (κ1) is 20.7. The van der Waals surface area contributed by atoms with Crippen molar-refractivity contribution in [3.63, 3.8) is 0 Å². The molecule has 0 saturated carbocycles. The molecule has 0 N–H and O–H groups in total. The van der Waals surface area contributed by atoms with Crippen LogP contribution in [0.1, 0.15) is 22.3 Å². The van der Waals surface area contributed by atoms with Crippen molar-refractivity contribution in [3.05, 3.63) is 120 Å². The lowest BCUT2D eigenvalue weighted by Crippen LogP contribution is -2.34. The Morgan fingerprint density at radius 3 is 2.23 bits per heavy atom. The van der Waals surface area contributed by atoms with Crippen LogP contribution in [0.3, 0.4) is 0 Å². The van der Waals surface area contributed by atoms with Gasteiger partial charge < -0.3 is 9.80 Å². The Bertz CT molecular complexity index is 1110. The van der Waals surface area contributed by atoms with E-state index in [2.05, 4.69) is 116 Å². The number of rotatable bonds is 6. The number of anilines is 2. The maximum Gasteiger partial charge on any atom is 0.0667 e. The maximum absolute atomic E-state index is 3.96. The molecular formula is C29H30N2. The predicted octanol–water partition coefficient (Wildman–Crippen LogP) is 6.85. The third-order valence-electron chi connectivity index (χ3n) is 5.76. The number of allylic oxidation sites excluding steroid dienone is 3. The Balaban J connectivity index is 1.60. The van der Waals surface area contributed by atoms with Crippen LogP contribution in [0.25, 0.3) is 12.2 Å². The zero-order chi connectivity index (χ0) is 21.8. The highest BCUT2D eigenvalue weighted by Crippen LogP contribution is 2.32. The first-order valence-corrected chi connectivity index (χ1v) is 10.8. The minimum atomic E-state index is 0.195. The van der Waals surface area contributed by atoms with E-state index in [1.54, 1.807) is 0 Å². The highest BCUT2D eigenvalue weighted by atomic mass is 15.2. The van der Waals surface area contributed by atoms with E-state index in [1.807, 2.05) is 12.2 Å². The summed E-state index contributed by atoms with van der Waals surface area (Å²) in [7, 11) is 0. The third-order valence-corrected chi connectivity index (χ3v) is 5.76. The van der Waals surface area contributed by atoms with Gasteiger partial charge in [0.2, 0.25) is 0 Å². The summed E-state index contributed by atoms with van der Waals surface area (Å²) in [5, 5.41) is 0. The Labute approximate surface area is 186 Å². The van der Waals surface area contributed by atoms with Crippen LogP contribution in [-0.2, 0) is 0 Å². The Morgan fingerprint density at radius 1 is 0.839 bits per heavy atom. The summed E-state index contributed by atoms with van der Waals surface area (Å²) in [6.07, 6.45) is 19.4. The summed E-state index contributed by atoms with van der Waals surface area (Å²) in [6, 6.07) is 13.4. The van der Waals surface area contributed by atoms with Crippen molar-refractivity contribution in [1.82, 2.24) is 0 Å². The molecule has 1 atom stereocenters. The normalized spacial score (nSPS) is 18.4. The molecule has 0 spiro atoms. The molecule has 0 amide bonds. The number of aryl methyl sites for hydroxylation is 2. The van der Waals surface area contributed by atoms with Crippen molar-refractivity contribution in [2.75, 3.05) is 22.9 Å². The number of benzene rings is 2. The van der Waals surface area contributed by atoms with E-state index in [-0.39, 0.29) is 6.04 Å². The van der Waals surface area contributed by atoms with Crippen LogP contribution in [0.4, 0.5) is 11.4 Å². The fourth-order valence-corrected chi connectivity index (χ4v) is 4.27. The molecule has 2 aliphatic rings. The van der Waals surface area contributed by atoms with Gasteiger partial charge in [0.1, 0.15) is 0 Å². The summed E-state index contributed by atoms with van der Waals surface area (Å²) >= 11 is 0. The van der Waals surface area contributed by atoms with Crippen LogP contribution in [0, 0.1) is 13.8 Å². The molecule has 2 aromatic rings. The molecule has 0 fully saturated rings. The predicted molar refractivity (Wildman–Crippen MR) is 137 cm³/mol. The van der Waals surface area contributed by atoms with Crippen molar-refractivity contribution < 1.29 is 0 Å². The molecule has 31 heavy (non-hydrogen) atoms. The van der Waals surface area contributed by atoms with Crippen molar-refractivity contribution in [1.29, 1.82) is 0 Å². The summed E-state index contributed by atoms with van der Waals surface area (Å²) in [5.41, 5.74) is 8.72. The number of hydrogen-bond donors (Lipinski definition) is 0. The monoisotopic (exact) mass is 406 g/mol. The van der Waals surface area contributed by atoms with E-state index in [4.69, 9.17) is 0 Å². The molecule has 0 radical (unpaired) electrons. The molecule has 2 aliphatic heterocycles. The van der Waals surface area contributed by atoms with Gasteiger partial charge in [0.25, 0.3) is 0 Å². The van der Waals surface area contributed by atoms with Crippen LogP contribution in [0.5, 0.6) is 0 Å². The minimum absolute atomic E-state index is 0.195. The van der Waals surface area contributed by atoms with Gasteiger partial charge in [-0.05, 0) is 61.4 Å². The second-order valence-corrected chi connectivity index (χ2v) is 8.12. The van der Waals surface area contributed by atoms with Gasteiger partial charge in [-0.15, -0.1) is 13.2 Å². The average Bonchev–Trinajstić information content (AvgIpc) is 2.76. The van der Waals surface area contributed by atoms with E-state index in [0.29, 0.717) is 0 Å². The Morgan fingerprint density at radius 2 is 1.52 bits per heavy atom. The van der Waals surface area contributed by atoms with Gasteiger partial charge in [0, 0.05) is 30.2 Å². The third kappa shape index (κ3) is 4.34. The molecule has 2 heterocycles. The highest BCUT2D eigenvalue weighted by molar-refractivity contribution is 5.77. The standard InChI is InChI=1S/C29H30N2/c1-5-18-30-26(14-12-24-20-22(3)10-16-28(24)30)8-7-9-27-15-13-25-21-23(4)11-17-29(25)31(27)19-6-2/h5-17,20-21,26H,1-2,18-19H2,3-4H3/b8-7+,27-9+. The molecular weight excluding hydrogens is 376 g/mol. The number of nitrogens with zero attached hydrogens (tertiary/aromatic N) is 2. The van der Waals surface area contributed by atoms with Crippen molar-refractivity contribution in [2.24, 2.45) is 0 Å². The molecule has 2 aromatic carbocycles. The molecule has 0 bridgehead atoms. The number of hydrogen-bond acceptors (Lipinski definition) is 2. The minimum Gasteiger partial charge on any atom is -0.357 e. The van der Waals surface area contributed by atoms with E-state index in [9.17, 15) is 0 Å². The van der Waals surface area contributed by atoms with E-state index >= 15 is 0 Å². The van der Waals surface area contributed by atoms with Gasteiger partial charge in [0.05, 0.1) is 6.04 Å². The first-order chi connectivity index (χ1) is 15.1. The fourth-order valence-electron chi connectivity index (χ4n) is 4.27. The van der Waals surface area contributed by atoms with Gasteiger partial charge in [-0.1, -0.05) is 65.8 Å². The molecule has 0 aromatic heterocycles. The van der Waals surface area contributed by atoms with E-state index in [1.165, 1.54) is 39.3 Å². The van der Waals surface area contributed by atoms with Crippen LogP contribution >= 0.6 is 0 Å². The van der Waals surface area contributed by atoms with Crippen molar-refractivity contribution in [3.8, 4) is 0 Å². The topological polar surface area (TPSA) is 6.48 Å². The SMILES string of the molecule is C=CCN1/C(=C/C=C/C2C=Cc3cc(C)ccc3N2CC=C)C=Cc2cc(C)ccc21. The summed E-state index contributed by atoms with van der Waals surface area (Å²) in [4.78, 5) is 4.69. The second-order valence-electron chi connectivity index (χ2n) is 8.12. The quantitative estimate of drug-likeness (QED) is 0.484. The zero-order valence-corrected chi connectivity index (χ0v) is 18.5. The molecule has 156 valence electrons. The molecule has 2 heteroatoms. The molecule has 0 aliphatic carbocycles. The Kier molecular flexibility index (Phi) is 6.08. The first-order valence-electron chi connectivity index (χ1n) is 10.8. The Hall–Kier alpha value is -3.52. The van der Waals surface area contributed by atoms with Crippen LogP contribution in [0.2, 0.25) is 0 Å². The van der Waals surface area contributed by atoms with Gasteiger partial charge >= 0.3 is 0 Å². The van der Waals surface area contributed by atoms with E-state index in [0.717, 1.165) is 13.1 Å². The lowest BCUT2D eigenvalue weighted by Gasteiger charge is -2.33. The summed E-state index contributed by atoms with van der Waals surface area (Å²) in [5.74, 6) is 0. The fraction of sp³-hybridized carbons (Fsp3) is 0.172. The molecule has 0 saturated heterocycles. The van der Waals surface area contributed by atoms with Crippen LogP contribution < -0.4 is 9.80 Å². The van der Waals surface area contributed by atoms with Crippen LogP contribution in [0.15, 0.2) is 97.8 Å². The molecule has 2 nitrogen and oxygen atoms in total. The smallest absolute Gasteiger partial charge is 0.0667 e. The highest BCUT2D eigenvalue weighted by Gasteiger charge is 2.20. The number of fused-ring (bicyclic) bond motifs is 2. The van der Waals surface area contributed by atoms with Crippen molar-refractivity contribution >= 4 is 23.5 Å². The largest absolute Gasteiger partial charge is 0.357 e. The van der Waals surface area contributed by atoms with Gasteiger partial charge in [0.15, 0.2) is 0 Å². The van der Waals surface area contributed by atoms with E-state index < -0.39 is 0 Å². The maximum atomic E-state index is 3.96. The van der Waals surface area contributed by atoms with Gasteiger partial charge in [-0.25, -0.2) is 0 Å². The summed E-state index contributed by atoms with van der Waals surface area (Å²) in [6.45, 7) is 13.8. The lowest BCUT2D eigenvalue weighted by atomic mass is 10.00. The summed E-state index contributed by atoms with van der Waals surface area (Å²) < 4.78 is 0. The molecule has 1 unspecified atom stereocenters. The zero-order valence-electron chi connectivity index (χ0n) is 18.5. The molecule has 4 rings (SSSR count). The van der Waals surface area contributed by atoms with Gasteiger partial charge in [-0.3, -0.25) is 0 Å².